The van der Waals surface area contributed by atoms with Gasteiger partial charge in [0.15, 0.2) is 0 Å². The zero-order valence-corrected chi connectivity index (χ0v) is 21.7. The first kappa shape index (κ1) is 22.7. The fraction of sp³-hybridized carbons (Fsp3) is 0. The number of halogens is 1. The molecule has 0 N–H and O–H groups in total. The Morgan fingerprint density at radius 3 is 1.32 bits per heavy atom. The molecule has 8 rings (SSSR count). The van der Waals surface area contributed by atoms with Gasteiger partial charge < -0.3 is 4.57 Å². The van der Waals surface area contributed by atoms with Crippen molar-refractivity contribution in [3.63, 3.8) is 0 Å². The summed E-state index contributed by atoms with van der Waals surface area (Å²) in [6.45, 7) is 0. The zero-order chi connectivity index (χ0) is 26.6. The van der Waals surface area contributed by atoms with Gasteiger partial charge in [-0.1, -0.05) is 115 Å². The van der Waals surface area contributed by atoms with Gasteiger partial charge >= 0.3 is 0 Å². The van der Waals surface area contributed by atoms with Crippen LogP contribution in [0.4, 0.5) is 4.39 Å². The molecule has 0 bridgehead atoms. The molecule has 7 aromatic carbocycles. The molecule has 1 heterocycles. The Balaban J connectivity index is 1.38. The summed E-state index contributed by atoms with van der Waals surface area (Å²) in [5, 5.41) is 6.83. The van der Waals surface area contributed by atoms with Crippen molar-refractivity contribution in [3.05, 3.63) is 151 Å². The molecule has 40 heavy (non-hydrogen) atoms. The molecule has 0 unspecified atom stereocenters. The van der Waals surface area contributed by atoms with E-state index in [1.54, 1.807) is 12.1 Å². The minimum Gasteiger partial charge on any atom is -0.309 e. The minimum absolute atomic E-state index is 0.207. The third kappa shape index (κ3) is 3.33. The maximum absolute atomic E-state index is 15.2. The van der Waals surface area contributed by atoms with Gasteiger partial charge in [-0.25, -0.2) is 4.39 Å². The van der Waals surface area contributed by atoms with E-state index in [-0.39, 0.29) is 5.82 Å². The molecule has 1 aromatic heterocycles. The summed E-state index contributed by atoms with van der Waals surface area (Å²) in [4.78, 5) is 0. The number of nitrogens with zero attached hydrogens (tertiary/aromatic N) is 1. The lowest BCUT2D eigenvalue weighted by atomic mass is 9.86. The Morgan fingerprint density at radius 2 is 0.800 bits per heavy atom. The summed E-state index contributed by atoms with van der Waals surface area (Å²) in [7, 11) is 0. The molecule has 0 radical (unpaired) electrons. The highest BCUT2D eigenvalue weighted by Crippen LogP contribution is 2.44. The maximum Gasteiger partial charge on any atom is 0.131 e. The molecule has 1 nitrogen and oxygen atoms in total. The second-order valence-corrected chi connectivity index (χ2v) is 10.2. The van der Waals surface area contributed by atoms with E-state index in [1.807, 2.05) is 24.3 Å². The number of hydrogen-bond donors (Lipinski definition) is 0. The Morgan fingerprint density at radius 1 is 0.375 bits per heavy atom. The lowest BCUT2D eigenvalue weighted by Crippen LogP contribution is -1.95. The van der Waals surface area contributed by atoms with Crippen LogP contribution in [0.15, 0.2) is 146 Å². The topological polar surface area (TPSA) is 4.93 Å². The first-order valence-electron chi connectivity index (χ1n) is 13.6. The molecule has 0 atom stereocenters. The molecule has 0 saturated carbocycles. The van der Waals surface area contributed by atoms with Crippen molar-refractivity contribution in [3.8, 4) is 27.9 Å². The van der Waals surface area contributed by atoms with Crippen molar-refractivity contribution in [1.82, 2.24) is 4.57 Å². The maximum atomic E-state index is 15.2. The molecule has 0 saturated heterocycles. The fourth-order valence-corrected chi connectivity index (χ4v) is 6.37. The molecule has 0 amide bonds. The predicted molar refractivity (Wildman–Crippen MR) is 167 cm³/mol. The molecule has 8 aromatic rings. The minimum atomic E-state index is -0.207. The Bertz CT molecular complexity index is 2110. The number of para-hydroxylation sites is 2. The fourth-order valence-electron chi connectivity index (χ4n) is 6.37. The van der Waals surface area contributed by atoms with Gasteiger partial charge in [0, 0.05) is 27.6 Å². The van der Waals surface area contributed by atoms with E-state index in [0.29, 0.717) is 5.56 Å². The number of aromatic nitrogens is 1. The van der Waals surface area contributed by atoms with Crippen LogP contribution in [-0.2, 0) is 0 Å². The average molecular weight is 514 g/mol. The Labute approximate surface area is 231 Å². The molecule has 2 heteroatoms. The van der Waals surface area contributed by atoms with Crippen molar-refractivity contribution in [1.29, 1.82) is 0 Å². The molecular weight excluding hydrogens is 489 g/mol. The van der Waals surface area contributed by atoms with Crippen molar-refractivity contribution in [2.24, 2.45) is 0 Å². The molecular formula is C38H24FN. The van der Waals surface area contributed by atoms with Gasteiger partial charge in [-0.2, -0.15) is 0 Å². The van der Waals surface area contributed by atoms with Crippen LogP contribution in [-0.4, -0.2) is 4.57 Å². The second-order valence-electron chi connectivity index (χ2n) is 10.2. The van der Waals surface area contributed by atoms with Gasteiger partial charge in [0.1, 0.15) is 5.82 Å². The van der Waals surface area contributed by atoms with Crippen LogP contribution < -0.4 is 0 Å². The molecule has 0 spiro atoms. The van der Waals surface area contributed by atoms with Crippen LogP contribution in [0.5, 0.6) is 0 Å². The van der Waals surface area contributed by atoms with Crippen LogP contribution in [0.3, 0.4) is 0 Å². The van der Waals surface area contributed by atoms with E-state index in [4.69, 9.17) is 0 Å². The quantitative estimate of drug-likeness (QED) is 0.207. The van der Waals surface area contributed by atoms with E-state index < -0.39 is 0 Å². The third-order valence-corrected chi connectivity index (χ3v) is 8.07. The molecule has 188 valence electrons. The highest BCUT2D eigenvalue weighted by Gasteiger charge is 2.18. The monoisotopic (exact) mass is 513 g/mol. The number of fused-ring (bicyclic) bond motifs is 5. The van der Waals surface area contributed by atoms with Crippen LogP contribution >= 0.6 is 0 Å². The van der Waals surface area contributed by atoms with E-state index in [1.165, 1.54) is 27.4 Å². The first-order valence-corrected chi connectivity index (χ1v) is 13.6. The van der Waals surface area contributed by atoms with E-state index in [9.17, 15) is 0 Å². The van der Waals surface area contributed by atoms with Crippen molar-refractivity contribution in [2.75, 3.05) is 0 Å². The lowest BCUT2D eigenvalue weighted by molar-refractivity contribution is 0.631. The second kappa shape index (κ2) is 8.93. The number of hydrogen-bond acceptors (Lipinski definition) is 0. The van der Waals surface area contributed by atoms with Crippen LogP contribution in [0, 0.1) is 5.82 Å². The Kier molecular flexibility index (Phi) is 5.08. The van der Waals surface area contributed by atoms with Crippen molar-refractivity contribution < 1.29 is 4.39 Å². The smallest absolute Gasteiger partial charge is 0.131 e. The summed E-state index contributed by atoms with van der Waals surface area (Å²) in [6, 6.07) is 49.8. The predicted octanol–water partition coefficient (Wildman–Crippen LogP) is 10.6. The van der Waals surface area contributed by atoms with Crippen LogP contribution in [0.2, 0.25) is 0 Å². The standard InChI is InChI=1S/C38H24FN/c39-34-18-8-5-17-33(34)38-31-15-3-1-13-29(31)37(30-14-2-4-16-32(30)38)25-21-23-26(24-22-25)40-35-19-9-6-11-27(35)28-12-7-10-20-36(28)40/h1-24H. The third-order valence-electron chi connectivity index (χ3n) is 8.07. The van der Waals surface area contributed by atoms with Gasteiger partial charge in [-0.3, -0.25) is 0 Å². The summed E-state index contributed by atoms with van der Waals surface area (Å²) in [5.41, 5.74) is 7.39. The van der Waals surface area contributed by atoms with Crippen molar-refractivity contribution in [2.45, 2.75) is 0 Å². The van der Waals surface area contributed by atoms with E-state index in [2.05, 4.69) is 114 Å². The van der Waals surface area contributed by atoms with E-state index in [0.717, 1.165) is 38.4 Å². The van der Waals surface area contributed by atoms with Gasteiger partial charge in [0.05, 0.1) is 11.0 Å². The van der Waals surface area contributed by atoms with Gasteiger partial charge in [-0.15, -0.1) is 0 Å². The summed E-state index contributed by atoms with van der Waals surface area (Å²) >= 11 is 0. The molecule has 0 fully saturated rings. The molecule has 0 aliphatic heterocycles. The number of rotatable bonds is 3. The molecule has 0 aliphatic carbocycles. The normalized spacial score (nSPS) is 11.6. The van der Waals surface area contributed by atoms with E-state index >= 15 is 4.39 Å². The highest BCUT2D eigenvalue weighted by atomic mass is 19.1. The van der Waals surface area contributed by atoms with Crippen LogP contribution in [0.25, 0.3) is 71.3 Å². The van der Waals surface area contributed by atoms with Gasteiger partial charge in [-0.05, 0) is 63.0 Å². The van der Waals surface area contributed by atoms with Crippen molar-refractivity contribution >= 4 is 43.4 Å². The summed E-state index contributed by atoms with van der Waals surface area (Å²) in [6.07, 6.45) is 0. The largest absolute Gasteiger partial charge is 0.309 e. The average Bonchev–Trinajstić information content (AvgIpc) is 3.35. The van der Waals surface area contributed by atoms with Gasteiger partial charge in [0.2, 0.25) is 0 Å². The lowest BCUT2D eigenvalue weighted by Gasteiger charge is -2.18. The summed E-state index contributed by atoms with van der Waals surface area (Å²) in [5.74, 6) is -0.207. The Hall–Kier alpha value is -5.21. The molecule has 0 aliphatic rings. The SMILES string of the molecule is Fc1ccccc1-c1c2ccccc2c(-c2ccc(-n3c4ccccc4c4ccccc43)cc2)c2ccccc12. The van der Waals surface area contributed by atoms with Crippen LogP contribution in [0.1, 0.15) is 0 Å². The number of benzene rings is 7. The van der Waals surface area contributed by atoms with Gasteiger partial charge in [0.25, 0.3) is 0 Å². The zero-order valence-electron chi connectivity index (χ0n) is 21.7. The highest BCUT2D eigenvalue weighted by molar-refractivity contribution is 6.21. The first-order chi connectivity index (χ1) is 19.8. The summed E-state index contributed by atoms with van der Waals surface area (Å²) < 4.78 is 17.5.